The highest BCUT2D eigenvalue weighted by Gasteiger charge is 2.14. The molecule has 0 radical (unpaired) electrons. The lowest BCUT2D eigenvalue weighted by atomic mass is 10.0. The van der Waals surface area contributed by atoms with E-state index in [-0.39, 0.29) is 16.7 Å². The maximum absolute atomic E-state index is 13.5. The molecule has 4 aromatic rings. The molecule has 2 amide bonds. The largest absolute Gasteiger partial charge is 0.497 e. The van der Waals surface area contributed by atoms with Crippen molar-refractivity contribution >= 4 is 27.9 Å². The molecule has 228 valence electrons. The van der Waals surface area contributed by atoms with Crippen LogP contribution in [0.3, 0.4) is 0 Å². The Labute approximate surface area is 258 Å². The van der Waals surface area contributed by atoms with Gasteiger partial charge in [-0.3, -0.25) is 9.59 Å². The van der Waals surface area contributed by atoms with Gasteiger partial charge in [0.2, 0.25) is 15.9 Å². The Morgan fingerprint density at radius 2 is 1.57 bits per heavy atom. The van der Waals surface area contributed by atoms with Crippen LogP contribution in [-0.2, 0) is 27.8 Å². The maximum atomic E-state index is 13.5. The number of nitrogens with one attached hydrogen (secondary N) is 1. The Morgan fingerprint density at radius 1 is 0.886 bits per heavy atom. The molecule has 0 heterocycles. The molecule has 0 aliphatic rings. The molecule has 9 nitrogen and oxygen atoms in total. The van der Waals surface area contributed by atoms with Crippen LogP contribution < -0.4 is 20.9 Å². The van der Waals surface area contributed by atoms with Gasteiger partial charge in [-0.1, -0.05) is 54.6 Å². The highest BCUT2D eigenvalue weighted by atomic mass is 32.2. The van der Waals surface area contributed by atoms with Gasteiger partial charge in [0.1, 0.15) is 5.75 Å². The SMILES string of the molecule is COc1ccc(C=CC(=O)N(CCc2ccc(S(N)(=O)=O)cc2)Cc2cccc(-c3cccc(C(=O)NCCN)c3)c2)cc1. The van der Waals surface area contributed by atoms with Crippen LogP contribution in [0, 0.1) is 0 Å². The van der Waals surface area contributed by atoms with Gasteiger partial charge in [0.25, 0.3) is 5.91 Å². The summed E-state index contributed by atoms with van der Waals surface area (Å²) in [7, 11) is -2.19. The summed E-state index contributed by atoms with van der Waals surface area (Å²) in [5.74, 6) is 0.363. The first-order valence-corrected chi connectivity index (χ1v) is 15.6. The molecule has 44 heavy (non-hydrogen) atoms. The lowest BCUT2D eigenvalue weighted by Gasteiger charge is -2.22. The van der Waals surface area contributed by atoms with Crippen molar-refractivity contribution in [2.45, 2.75) is 17.9 Å². The number of nitrogens with two attached hydrogens (primary N) is 2. The van der Waals surface area contributed by atoms with Gasteiger partial charge in [-0.25, -0.2) is 13.6 Å². The molecular weight excluding hydrogens is 576 g/mol. The third-order valence-electron chi connectivity index (χ3n) is 6.96. The van der Waals surface area contributed by atoms with Crippen molar-refractivity contribution < 1.29 is 22.7 Å². The van der Waals surface area contributed by atoms with Gasteiger partial charge in [0.05, 0.1) is 12.0 Å². The van der Waals surface area contributed by atoms with Gasteiger partial charge >= 0.3 is 0 Å². The quantitative estimate of drug-likeness (QED) is 0.195. The number of carbonyl (C=O) groups excluding carboxylic acids is 2. The lowest BCUT2D eigenvalue weighted by molar-refractivity contribution is -0.126. The predicted molar refractivity (Wildman–Crippen MR) is 172 cm³/mol. The highest BCUT2D eigenvalue weighted by Crippen LogP contribution is 2.23. The van der Waals surface area contributed by atoms with Crippen LogP contribution in [0.15, 0.2) is 108 Å². The van der Waals surface area contributed by atoms with E-state index in [2.05, 4.69) is 5.32 Å². The van der Waals surface area contributed by atoms with Crippen molar-refractivity contribution in [1.82, 2.24) is 10.2 Å². The number of benzene rings is 4. The number of methoxy groups -OCH3 is 1. The number of nitrogens with zero attached hydrogens (tertiary/aromatic N) is 1. The molecule has 0 unspecified atom stereocenters. The van der Waals surface area contributed by atoms with Gasteiger partial charge in [0, 0.05) is 37.8 Å². The van der Waals surface area contributed by atoms with E-state index in [0.717, 1.165) is 33.6 Å². The summed E-state index contributed by atoms with van der Waals surface area (Å²) in [5, 5.41) is 8.02. The second-order valence-corrected chi connectivity index (χ2v) is 11.7. The molecule has 0 aromatic heterocycles. The van der Waals surface area contributed by atoms with Crippen LogP contribution in [0.4, 0.5) is 0 Å². The molecule has 5 N–H and O–H groups in total. The average molecular weight is 613 g/mol. The maximum Gasteiger partial charge on any atom is 0.251 e. The lowest BCUT2D eigenvalue weighted by Crippen LogP contribution is -2.31. The molecule has 0 aliphatic heterocycles. The van der Waals surface area contributed by atoms with Gasteiger partial charge in [-0.05, 0) is 82.8 Å². The summed E-state index contributed by atoms with van der Waals surface area (Å²) in [4.78, 5) is 27.7. The van der Waals surface area contributed by atoms with Crippen LogP contribution in [0.2, 0.25) is 0 Å². The monoisotopic (exact) mass is 612 g/mol. The Balaban J connectivity index is 1.55. The third-order valence-corrected chi connectivity index (χ3v) is 7.89. The van der Waals surface area contributed by atoms with E-state index in [0.29, 0.717) is 38.2 Å². The Morgan fingerprint density at radius 3 is 2.23 bits per heavy atom. The molecular formula is C34H36N4O5S. The number of sulfonamides is 1. The standard InChI is InChI=1S/C34H36N4O5S/c1-43-31-13-8-25(9-14-31)12-17-33(39)38(21-18-26-10-15-32(16-11-26)44(36,41)42)24-27-4-2-5-28(22-27)29-6-3-7-30(23-29)34(40)37-20-19-35/h2-17,22-23H,18-21,24,35H2,1H3,(H,37,40)(H2,36,41,42). The molecule has 0 fully saturated rings. The molecule has 0 saturated carbocycles. The highest BCUT2D eigenvalue weighted by molar-refractivity contribution is 7.89. The molecule has 4 aromatic carbocycles. The van der Waals surface area contributed by atoms with Crippen LogP contribution in [0.5, 0.6) is 5.75 Å². The Kier molecular flexibility index (Phi) is 11.0. The van der Waals surface area contributed by atoms with Crippen molar-refractivity contribution in [1.29, 1.82) is 0 Å². The Hall–Kier alpha value is -4.77. The predicted octanol–water partition coefficient (Wildman–Crippen LogP) is 3.98. The number of carbonyl (C=O) groups is 2. The minimum Gasteiger partial charge on any atom is -0.497 e. The molecule has 4 rings (SSSR count). The van der Waals surface area contributed by atoms with E-state index in [1.54, 1.807) is 42.4 Å². The summed E-state index contributed by atoms with van der Waals surface area (Å²) in [6.07, 6.45) is 3.80. The molecule has 0 spiro atoms. The van der Waals surface area contributed by atoms with Crippen molar-refractivity contribution in [2.24, 2.45) is 10.9 Å². The number of hydrogen-bond donors (Lipinski definition) is 3. The van der Waals surface area contributed by atoms with E-state index in [4.69, 9.17) is 15.6 Å². The fraction of sp³-hybridized carbons (Fsp3) is 0.176. The smallest absolute Gasteiger partial charge is 0.251 e. The fourth-order valence-electron chi connectivity index (χ4n) is 4.56. The normalized spacial score (nSPS) is 11.3. The summed E-state index contributed by atoms with van der Waals surface area (Å²) < 4.78 is 28.5. The molecule has 0 bridgehead atoms. The molecule has 0 saturated heterocycles. The first kappa shape index (κ1) is 32.2. The minimum absolute atomic E-state index is 0.0364. The van der Waals surface area contributed by atoms with Crippen LogP contribution >= 0.6 is 0 Å². The van der Waals surface area contributed by atoms with Crippen LogP contribution in [0.25, 0.3) is 17.2 Å². The number of hydrogen-bond acceptors (Lipinski definition) is 6. The third kappa shape index (κ3) is 9.11. The summed E-state index contributed by atoms with van der Waals surface area (Å²) >= 11 is 0. The summed E-state index contributed by atoms with van der Waals surface area (Å²) in [6, 6.07) is 28.9. The zero-order chi connectivity index (χ0) is 31.5. The number of rotatable bonds is 13. The van der Waals surface area contributed by atoms with Gasteiger partial charge in [0.15, 0.2) is 0 Å². The second-order valence-electron chi connectivity index (χ2n) is 10.1. The van der Waals surface area contributed by atoms with Gasteiger partial charge in [-0.2, -0.15) is 0 Å². The first-order valence-electron chi connectivity index (χ1n) is 14.1. The molecule has 0 atom stereocenters. The fourth-order valence-corrected chi connectivity index (χ4v) is 5.08. The molecule has 0 aliphatic carbocycles. The van der Waals surface area contributed by atoms with E-state index < -0.39 is 10.0 Å². The molecule has 10 heteroatoms. The van der Waals surface area contributed by atoms with Gasteiger partial charge < -0.3 is 20.7 Å². The topological polar surface area (TPSA) is 145 Å². The summed E-state index contributed by atoms with van der Waals surface area (Å²) in [5.41, 5.74) is 10.5. The van der Waals surface area contributed by atoms with E-state index in [1.807, 2.05) is 66.7 Å². The van der Waals surface area contributed by atoms with E-state index in [1.165, 1.54) is 12.1 Å². The van der Waals surface area contributed by atoms with Crippen molar-refractivity contribution in [3.8, 4) is 16.9 Å². The minimum atomic E-state index is -3.79. The average Bonchev–Trinajstić information content (AvgIpc) is 3.04. The zero-order valence-corrected chi connectivity index (χ0v) is 25.3. The van der Waals surface area contributed by atoms with E-state index >= 15 is 0 Å². The van der Waals surface area contributed by atoms with Crippen LogP contribution in [0.1, 0.15) is 27.0 Å². The first-order chi connectivity index (χ1) is 21.2. The Bertz CT molecular complexity index is 1720. The second kappa shape index (κ2) is 15.1. The number of primary sulfonamides is 1. The van der Waals surface area contributed by atoms with Gasteiger partial charge in [-0.15, -0.1) is 0 Å². The van der Waals surface area contributed by atoms with Crippen molar-refractivity contribution in [3.63, 3.8) is 0 Å². The zero-order valence-electron chi connectivity index (χ0n) is 24.5. The van der Waals surface area contributed by atoms with Crippen molar-refractivity contribution in [3.05, 3.63) is 125 Å². The number of amides is 2. The number of ether oxygens (including phenoxy) is 1. The van der Waals surface area contributed by atoms with Crippen molar-refractivity contribution in [2.75, 3.05) is 26.7 Å². The summed E-state index contributed by atoms with van der Waals surface area (Å²) in [6.45, 7) is 1.48. The van der Waals surface area contributed by atoms with E-state index in [9.17, 15) is 18.0 Å². The van der Waals surface area contributed by atoms with Crippen LogP contribution in [-0.4, -0.2) is 51.9 Å².